The molecule has 0 spiro atoms. The molecule has 4 nitrogen and oxygen atoms in total. The van der Waals surface area contributed by atoms with Gasteiger partial charge in [-0.05, 0) is 59.7 Å². The van der Waals surface area contributed by atoms with Gasteiger partial charge in [-0.15, -0.1) is 0 Å². The highest BCUT2D eigenvalue weighted by Gasteiger charge is 2.23. The Balaban J connectivity index is 1.78. The Labute approximate surface area is 168 Å². The van der Waals surface area contributed by atoms with E-state index in [1.165, 1.54) is 12.1 Å². The van der Waals surface area contributed by atoms with E-state index >= 15 is 0 Å². The summed E-state index contributed by atoms with van der Waals surface area (Å²) in [5.74, 6) is -0.401. The topological polar surface area (TPSA) is 67.3 Å². The summed E-state index contributed by atoms with van der Waals surface area (Å²) in [5, 5.41) is 11.5. The molecule has 0 aliphatic carbocycles. The van der Waals surface area contributed by atoms with Crippen LogP contribution in [0.15, 0.2) is 88.8 Å². The van der Waals surface area contributed by atoms with Crippen LogP contribution in [0.1, 0.15) is 18.6 Å². The van der Waals surface area contributed by atoms with Crippen LogP contribution in [-0.4, -0.2) is 18.5 Å². The predicted octanol–water partition coefficient (Wildman–Crippen LogP) is 4.93. The number of aliphatic hydroxyl groups excluding tert-OH is 1. The number of benzene rings is 3. The lowest BCUT2D eigenvalue weighted by molar-refractivity contribution is 0.196. The van der Waals surface area contributed by atoms with Crippen molar-refractivity contribution in [1.82, 2.24) is 4.98 Å². The van der Waals surface area contributed by atoms with Crippen LogP contribution in [0.2, 0.25) is 0 Å². The second kappa shape index (κ2) is 7.39. The van der Waals surface area contributed by atoms with Crippen LogP contribution >= 0.6 is 0 Å². The molecule has 1 aromatic heterocycles. The fraction of sp³-hybridized carbons (Fsp3) is 0.0870. The average Bonchev–Trinajstić information content (AvgIpc) is 2.73. The summed E-state index contributed by atoms with van der Waals surface area (Å²) < 4.78 is 39.4. The van der Waals surface area contributed by atoms with Gasteiger partial charge < -0.3 is 5.11 Å². The second-order valence-electron chi connectivity index (χ2n) is 6.80. The Hall–Kier alpha value is -3.09. The maximum Gasteiger partial charge on any atom is 0.206 e. The quantitative estimate of drug-likeness (QED) is 0.521. The highest BCUT2D eigenvalue weighted by molar-refractivity contribution is 7.91. The van der Waals surface area contributed by atoms with Gasteiger partial charge in [0.15, 0.2) is 0 Å². The van der Waals surface area contributed by atoms with Crippen LogP contribution < -0.4 is 0 Å². The zero-order valence-corrected chi connectivity index (χ0v) is 16.4. The van der Waals surface area contributed by atoms with Crippen LogP contribution in [0.5, 0.6) is 0 Å². The van der Waals surface area contributed by atoms with E-state index in [2.05, 4.69) is 4.98 Å². The Bertz CT molecular complexity index is 1300. The first-order valence-corrected chi connectivity index (χ1v) is 10.5. The van der Waals surface area contributed by atoms with E-state index < -0.39 is 21.8 Å². The molecular weight excluding hydrogens is 389 g/mol. The number of fused-ring (bicyclic) bond motifs is 1. The molecule has 1 atom stereocenters. The first kappa shape index (κ1) is 19.2. The van der Waals surface area contributed by atoms with E-state index in [9.17, 15) is 17.9 Å². The zero-order valence-electron chi connectivity index (χ0n) is 15.6. The van der Waals surface area contributed by atoms with Crippen LogP contribution in [0, 0.1) is 5.82 Å². The maximum absolute atomic E-state index is 13.2. The van der Waals surface area contributed by atoms with Crippen molar-refractivity contribution in [1.29, 1.82) is 0 Å². The SMILES string of the molecule is C[C@H](O)c1ccccc1S(=O)(=O)c1ccc2cc(-c3ccc(F)cn3)ccc2c1. The fourth-order valence-electron chi connectivity index (χ4n) is 3.29. The zero-order chi connectivity index (χ0) is 20.6. The van der Waals surface area contributed by atoms with Crippen LogP contribution in [-0.2, 0) is 9.84 Å². The molecule has 0 unspecified atom stereocenters. The van der Waals surface area contributed by atoms with E-state index in [1.807, 2.05) is 18.2 Å². The van der Waals surface area contributed by atoms with Gasteiger partial charge >= 0.3 is 0 Å². The number of hydrogen-bond donors (Lipinski definition) is 1. The van der Waals surface area contributed by atoms with Crippen molar-refractivity contribution in [3.8, 4) is 11.3 Å². The first-order valence-electron chi connectivity index (χ1n) is 9.04. The Morgan fingerprint density at radius 2 is 1.66 bits per heavy atom. The molecular formula is C23H18FNO3S. The van der Waals surface area contributed by atoms with Crippen molar-refractivity contribution in [3.05, 3.63) is 90.4 Å². The maximum atomic E-state index is 13.2. The molecule has 1 heterocycles. The lowest BCUT2D eigenvalue weighted by atomic mass is 10.0. The van der Waals surface area contributed by atoms with Gasteiger partial charge in [0.1, 0.15) is 5.82 Å². The third-order valence-electron chi connectivity index (χ3n) is 4.80. The minimum absolute atomic E-state index is 0.0986. The Morgan fingerprint density at radius 1 is 0.931 bits per heavy atom. The summed E-state index contributed by atoms with van der Waals surface area (Å²) in [7, 11) is -3.79. The average molecular weight is 407 g/mol. The van der Waals surface area contributed by atoms with Crippen molar-refractivity contribution in [3.63, 3.8) is 0 Å². The monoisotopic (exact) mass is 407 g/mol. The lowest BCUT2D eigenvalue weighted by Crippen LogP contribution is -2.07. The number of aliphatic hydroxyl groups is 1. The van der Waals surface area contributed by atoms with Gasteiger partial charge in [0.25, 0.3) is 0 Å². The molecule has 0 saturated carbocycles. The molecule has 0 amide bonds. The Morgan fingerprint density at radius 3 is 2.38 bits per heavy atom. The third kappa shape index (κ3) is 3.64. The number of aromatic nitrogens is 1. The molecule has 0 fully saturated rings. The summed E-state index contributed by atoms with van der Waals surface area (Å²) >= 11 is 0. The van der Waals surface area contributed by atoms with Gasteiger partial charge in [-0.2, -0.15) is 0 Å². The molecule has 0 saturated heterocycles. The molecule has 4 aromatic rings. The van der Waals surface area contributed by atoms with Gasteiger partial charge in [-0.3, -0.25) is 4.98 Å². The molecule has 29 heavy (non-hydrogen) atoms. The minimum atomic E-state index is -3.79. The summed E-state index contributed by atoms with van der Waals surface area (Å²) in [6, 6.07) is 19.8. The van der Waals surface area contributed by atoms with Gasteiger partial charge in [-0.1, -0.05) is 36.4 Å². The smallest absolute Gasteiger partial charge is 0.206 e. The molecule has 0 radical (unpaired) electrons. The van der Waals surface area contributed by atoms with Crippen LogP contribution in [0.3, 0.4) is 0 Å². The number of pyridine rings is 1. The number of sulfone groups is 1. The third-order valence-corrected chi connectivity index (χ3v) is 6.63. The van der Waals surface area contributed by atoms with Gasteiger partial charge in [-0.25, -0.2) is 12.8 Å². The molecule has 4 rings (SSSR count). The normalized spacial score (nSPS) is 12.8. The molecule has 146 valence electrons. The van der Waals surface area contributed by atoms with Crippen LogP contribution in [0.4, 0.5) is 4.39 Å². The Kier molecular flexibility index (Phi) is 4.90. The molecule has 0 aliphatic rings. The molecule has 0 aliphatic heterocycles. The number of hydrogen-bond acceptors (Lipinski definition) is 4. The highest BCUT2D eigenvalue weighted by atomic mass is 32.2. The number of nitrogens with zero attached hydrogens (tertiary/aromatic N) is 1. The van der Waals surface area contributed by atoms with Gasteiger partial charge in [0.2, 0.25) is 9.84 Å². The summed E-state index contributed by atoms with van der Waals surface area (Å²) in [6.45, 7) is 1.54. The minimum Gasteiger partial charge on any atom is -0.389 e. The van der Waals surface area contributed by atoms with E-state index in [0.717, 1.165) is 22.5 Å². The summed E-state index contributed by atoms with van der Waals surface area (Å²) in [5.41, 5.74) is 1.81. The first-order chi connectivity index (χ1) is 13.9. The fourth-order valence-corrected chi connectivity index (χ4v) is 4.88. The number of halogens is 1. The van der Waals surface area contributed by atoms with E-state index in [-0.39, 0.29) is 9.79 Å². The van der Waals surface area contributed by atoms with Crippen LogP contribution in [0.25, 0.3) is 22.0 Å². The molecule has 3 aromatic carbocycles. The standard InChI is InChI=1S/C23H18FNO3S/c1-15(26)21-4-2-3-5-23(21)29(27,28)20-10-8-16-12-18(7-6-17(16)13-20)22-11-9-19(24)14-25-22/h2-15,26H,1H3/t15-/m0/s1. The van der Waals surface area contributed by atoms with E-state index in [4.69, 9.17) is 0 Å². The molecule has 0 bridgehead atoms. The lowest BCUT2D eigenvalue weighted by Gasteiger charge is -2.13. The highest BCUT2D eigenvalue weighted by Crippen LogP contribution is 2.31. The van der Waals surface area contributed by atoms with Crippen molar-refractivity contribution >= 4 is 20.6 Å². The number of rotatable bonds is 4. The van der Waals surface area contributed by atoms with E-state index in [1.54, 1.807) is 49.4 Å². The molecule has 6 heteroatoms. The molecule has 1 N–H and O–H groups in total. The van der Waals surface area contributed by atoms with Crippen molar-refractivity contribution in [2.45, 2.75) is 22.8 Å². The van der Waals surface area contributed by atoms with Gasteiger partial charge in [0, 0.05) is 5.56 Å². The van der Waals surface area contributed by atoms with Crippen molar-refractivity contribution < 1.29 is 17.9 Å². The van der Waals surface area contributed by atoms with Crippen molar-refractivity contribution in [2.24, 2.45) is 0 Å². The second-order valence-corrected chi connectivity index (χ2v) is 8.72. The predicted molar refractivity (Wildman–Crippen MR) is 110 cm³/mol. The van der Waals surface area contributed by atoms with E-state index in [0.29, 0.717) is 11.3 Å². The summed E-state index contributed by atoms with van der Waals surface area (Å²) in [6.07, 6.45) is 0.265. The van der Waals surface area contributed by atoms with Crippen molar-refractivity contribution in [2.75, 3.05) is 0 Å². The van der Waals surface area contributed by atoms with Gasteiger partial charge in [0.05, 0.1) is 27.8 Å². The largest absolute Gasteiger partial charge is 0.389 e. The summed E-state index contributed by atoms with van der Waals surface area (Å²) in [4.78, 5) is 4.34.